The molecule has 1 aromatic heterocycles. The van der Waals surface area contributed by atoms with Crippen molar-refractivity contribution >= 4 is 29.9 Å². The van der Waals surface area contributed by atoms with Gasteiger partial charge in [0.1, 0.15) is 5.82 Å². The SMILES string of the molecule is CCN(CC)CC1CCN(C(=NCc2ccccc2)NCc2nnc(C)n2C)C1.I. The summed E-state index contributed by atoms with van der Waals surface area (Å²) in [7, 11) is 2.00. The highest BCUT2D eigenvalue weighted by molar-refractivity contribution is 14.0. The quantitative estimate of drug-likeness (QED) is 0.326. The fraction of sp³-hybridized carbons (Fsp3) is 0.591. The van der Waals surface area contributed by atoms with Crippen LogP contribution in [0.4, 0.5) is 0 Å². The summed E-state index contributed by atoms with van der Waals surface area (Å²) in [5, 5.41) is 12.0. The first-order chi connectivity index (χ1) is 14.1. The molecule has 1 N–H and O–H groups in total. The number of aryl methyl sites for hydroxylation is 1. The Bertz CT molecular complexity index is 786. The molecule has 1 aliphatic heterocycles. The van der Waals surface area contributed by atoms with Crippen LogP contribution in [0.5, 0.6) is 0 Å². The Morgan fingerprint density at radius 3 is 2.57 bits per heavy atom. The Labute approximate surface area is 198 Å². The van der Waals surface area contributed by atoms with Crippen LogP contribution in [0.15, 0.2) is 35.3 Å². The first-order valence-electron chi connectivity index (χ1n) is 10.7. The van der Waals surface area contributed by atoms with Gasteiger partial charge in [-0.15, -0.1) is 34.2 Å². The molecule has 3 rings (SSSR count). The second-order valence-corrected chi connectivity index (χ2v) is 7.79. The van der Waals surface area contributed by atoms with Crippen molar-refractivity contribution in [3.8, 4) is 0 Å². The smallest absolute Gasteiger partial charge is 0.194 e. The minimum absolute atomic E-state index is 0. The lowest BCUT2D eigenvalue weighted by Gasteiger charge is -2.24. The molecule has 1 atom stereocenters. The summed E-state index contributed by atoms with van der Waals surface area (Å²) in [6.45, 7) is 13.3. The molecule has 0 amide bonds. The molecule has 2 heterocycles. The van der Waals surface area contributed by atoms with Gasteiger partial charge < -0.3 is 19.7 Å². The third-order valence-corrected chi connectivity index (χ3v) is 5.84. The maximum atomic E-state index is 4.94. The van der Waals surface area contributed by atoms with Gasteiger partial charge in [0.25, 0.3) is 0 Å². The van der Waals surface area contributed by atoms with Gasteiger partial charge in [0, 0.05) is 26.7 Å². The first-order valence-corrected chi connectivity index (χ1v) is 10.7. The summed E-state index contributed by atoms with van der Waals surface area (Å²) >= 11 is 0. The van der Waals surface area contributed by atoms with Crippen molar-refractivity contribution in [2.24, 2.45) is 18.0 Å². The number of nitrogens with one attached hydrogen (secondary N) is 1. The Morgan fingerprint density at radius 2 is 1.93 bits per heavy atom. The van der Waals surface area contributed by atoms with Crippen LogP contribution < -0.4 is 5.32 Å². The molecule has 8 heteroatoms. The number of nitrogens with zero attached hydrogens (tertiary/aromatic N) is 6. The van der Waals surface area contributed by atoms with E-state index in [2.05, 4.69) is 63.4 Å². The van der Waals surface area contributed by atoms with Crippen molar-refractivity contribution < 1.29 is 0 Å². The zero-order valence-electron chi connectivity index (χ0n) is 18.7. The third kappa shape index (κ3) is 6.66. The van der Waals surface area contributed by atoms with Crippen molar-refractivity contribution in [1.82, 2.24) is 29.9 Å². The second-order valence-electron chi connectivity index (χ2n) is 7.79. The molecule has 2 aromatic rings. The minimum Gasteiger partial charge on any atom is -0.349 e. The van der Waals surface area contributed by atoms with Crippen molar-refractivity contribution in [1.29, 1.82) is 0 Å². The highest BCUT2D eigenvalue weighted by Crippen LogP contribution is 2.18. The van der Waals surface area contributed by atoms with Crippen molar-refractivity contribution in [3.63, 3.8) is 0 Å². The number of likely N-dealkylation sites (tertiary alicyclic amines) is 1. The average Bonchev–Trinajstić information content (AvgIpc) is 3.34. The molecule has 0 radical (unpaired) electrons. The lowest BCUT2D eigenvalue weighted by atomic mass is 10.1. The first kappa shape index (κ1) is 24.6. The van der Waals surface area contributed by atoms with Crippen LogP contribution in [0.1, 0.15) is 37.5 Å². The molecular weight excluding hydrogens is 489 g/mol. The van der Waals surface area contributed by atoms with Gasteiger partial charge in [-0.3, -0.25) is 0 Å². The highest BCUT2D eigenvalue weighted by atomic mass is 127. The zero-order valence-corrected chi connectivity index (χ0v) is 21.0. The Balaban J connectivity index is 0.00000320. The van der Waals surface area contributed by atoms with E-state index in [-0.39, 0.29) is 24.0 Å². The van der Waals surface area contributed by atoms with E-state index in [1.165, 1.54) is 12.0 Å². The second kappa shape index (κ2) is 12.2. The normalized spacial score (nSPS) is 16.8. The lowest BCUT2D eigenvalue weighted by Crippen LogP contribution is -2.41. The lowest BCUT2D eigenvalue weighted by molar-refractivity contribution is 0.255. The van der Waals surface area contributed by atoms with E-state index < -0.39 is 0 Å². The van der Waals surface area contributed by atoms with E-state index in [0.717, 1.165) is 50.3 Å². The molecule has 1 unspecified atom stereocenters. The van der Waals surface area contributed by atoms with Crippen LogP contribution in [0.25, 0.3) is 0 Å². The van der Waals surface area contributed by atoms with Crippen LogP contribution in [-0.4, -0.2) is 63.2 Å². The minimum atomic E-state index is 0. The number of aromatic nitrogens is 3. The van der Waals surface area contributed by atoms with Gasteiger partial charge in [-0.25, -0.2) is 4.99 Å². The number of rotatable bonds is 8. The summed E-state index contributed by atoms with van der Waals surface area (Å²) in [6.07, 6.45) is 1.21. The largest absolute Gasteiger partial charge is 0.349 e. The van der Waals surface area contributed by atoms with Gasteiger partial charge in [-0.1, -0.05) is 44.2 Å². The zero-order chi connectivity index (χ0) is 20.6. The van der Waals surface area contributed by atoms with Gasteiger partial charge in [0.2, 0.25) is 0 Å². The number of hydrogen-bond donors (Lipinski definition) is 1. The molecular formula is C22H36IN7. The van der Waals surface area contributed by atoms with E-state index >= 15 is 0 Å². The van der Waals surface area contributed by atoms with Crippen LogP contribution in [0.2, 0.25) is 0 Å². The van der Waals surface area contributed by atoms with E-state index in [1.54, 1.807) is 0 Å². The molecule has 0 aliphatic carbocycles. The number of benzene rings is 1. The topological polar surface area (TPSA) is 61.6 Å². The summed E-state index contributed by atoms with van der Waals surface area (Å²) < 4.78 is 2.02. The number of guanidine groups is 1. The number of aliphatic imine (C=N–C) groups is 1. The van der Waals surface area contributed by atoms with Gasteiger partial charge in [-0.2, -0.15) is 0 Å². The van der Waals surface area contributed by atoms with Crippen LogP contribution in [0.3, 0.4) is 0 Å². The molecule has 1 saturated heterocycles. The molecule has 7 nitrogen and oxygen atoms in total. The summed E-state index contributed by atoms with van der Waals surface area (Å²) in [5.74, 6) is 3.51. The van der Waals surface area contributed by atoms with E-state index in [0.29, 0.717) is 19.0 Å². The summed E-state index contributed by atoms with van der Waals surface area (Å²) in [5.41, 5.74) is 1.22. The molecule has 1 aromatic carbocycles. The predicted octanol–water partition coefficient (Wildman–Crippen LogP) is 3.05. The monoisotopic (exact) mass is 525 g/mol. The fourth-order valence-electron chi connectivity index (χ4n) is 3.80. The molecule has 1 aliphatic rings. The Hall–Kier alpha value is -1.68. The van der Waals surface area contributed by atoms with Gasteiger partial charge in [0.05, 0.1) is 13.1 Å². The average molecular weight is 525 g/mol. The molecule has 166 valence electrons. The van der Waals surface area contributed by atoms with E-state index in [4.69, 9.17) is 4.99 Å². The Kier molecular flexibility index (Phi) is 10.0. The molecule has 0 saturated carbocycles. The summed E-state index contributed by atoms with van der Waals surface area (Å²) in [6, 6.07) is 10.4. The standard InChI is InChI=1S/C22H35N7.HI/c1-5-28(6-2)16-20-12-13-29(17-20)22(23-14-19-10-8-7-9-11-19)24-15-21-26-25-18(3)27(21)4;/h7-11,20H,5-6,12-17H2,1-4H3,(H,23,24);1H. The highest BCUT2D eigenvalue weighted by Gasteiger charge is 2.26. The predicted molar refractivity (Wildman–Crippen MR) is 133 cm³/mol. The van der Waals surface area contributed by atoms with E-state index in [1.807, 2.05) is 24.6 Å². The third-order valence-electron chi connectivity index (χ3n) is 5.84. The van der Waals surface area contributed by atoms with Gasteiger partial charge in [-0.05, 0) is 37.9 Å². The van der Waals surface area contributed by atoms with Crippen molar-refractivity contribution in [3.05, 3.63) is 47.5 Å². The van der Waals surface area contributed by atoms with Gasteiger partial charge in [0.15, 0.2) is 11.8 Å². The molecule has 30 heavy (non-hydrogen) atoms. The maximum absolute atomic E-state index is 4.94. The van der Waals surface area contributed by atoms with Crippen LogP contribution >= 0.6 is 24.0 Å². The van der Waals surface area contributed by atoms with Crippen molar-refractivity contribution in [2.75, 3.05) is 32.7 Å². The van der Waals surface area contributed by atoms with E-state index in [9.17, 15) is 0 Å². The molecule has 0 spiro atoms. The van der Waals surface area contributed by atoms with Crippen molar-refractivity contribution in [2.45, 2.75) is 40.3 Å². The summed E-state index contributed by atoms with van der Waals surface area (Å²) in [4.78, 5) is 9.86. The maximum Gasteiger partial charge on any atom is 0.194 e. The van der Waals surface area contributed by atoms with Gasteiger partial charge >= 0.3 is 0 Å². The fourth-order valence-corrected chi connectivity index (χ4v) is 3.80. The Morgan fingerprint density at radius 1 is 1.20 bits per heavy atom. The molecule has 1 fully saturated rings. The van der Waals surface area contributed by atoms with Crippen LogP contribution in [-0.2, 0) is 20.1 Å². The van der Waals surface area contributed by atoms with Crippen LogP contribution in [0, 0.1) is 12.8 Å². The number of halogens is 1. The number of hydrogen-bond acceptors (Lipinski definition) is 4. The molecule has 0 bridgehead atoms.